The van der Waals surface area contributed by atoms with E-state index in [1.165, 1.54) is 11.8 Å². The van der Waals surface area contributed by atoms with Gasteiger partial charge < -0.3 is 14.4 Å². The highest BCUT2D eigenvalue weighted by Gasteiger charge is 2.34. The predicted octanol–water partition coefficient (Wildman–Crippen LogP) is 4.50. The molecule has 2 aliphatic rings. The molecule has 0 bridgehead atoms. The number of thioether (sulfide) groups is 1. The molecule has 0 saturated carbocycles. The minimum Gasteiger partial charge on any atom is -0.497 e. The van der Waals surface area contributed by atoms with Crippen LogP contribution in [0.2, 0.25) is 0 Å². The molecular weight excluding hydrogens is 532 g/mol. The predicted molar refractivity (Wildman–Crippen MR) is 159 cm³/mol. The van der Waals surface area contributed by atoms with Crippen molar-refractivity contribution in [2.75, 3.05) is 31.6 Å². The van der Waals surface area contributed by atoms with Crippen LogP contribution in [-0.4, -0.2) is 58.6 Å². The van der Waals surface area contributed by atoms with E-state index in [9.17, 15) is 14.9 Å². The first kappa shape index (κ1) is 28.9. The Kier molecular flexibility index (Phi) is 9.15. The van der Waals surface area contributed by atoms with E-state index in [2.05, 4.69) is 11.0 Å². The number of nitrogens with zero attached hydrogens (tertiary/aromatic N) is 4. The van der Waals surface area contributed by atoms with E-state index in [4.69, 9.17) is 21.7 Å². The van der Waals surface area contributed by atoms with Crippen molar-refractivity contribution in [3.8, 4) is 11.8 Å². The van der Waals surface area contributed by atoms with E-state index in [0.717, 1.165) is 23.6 Å². The Morgan fingerprint density at radius 2 is 1.85 bits per heavy atom. The number of hydrogen-bond donors (Lipinski definition) is 0. The van der Waals surface area contributed by atoms with Crippen molar-refractivity contribution in [1.29, 1.82) is 5.26 Å². The van der Waals surface area contributed by atoms with Crippen LogP contribution in [0.1, 0.15) is 49.4 Å². The lowest BCUT2D eigenvalue weighted by Gasteiger charge is -2.39. The first-order chi connectivity index (χ1) is 18.7. The van der Waals surface area contributed by atoms with Gasteiger partial charge in [-0.05, 0) is 62.9 Å². The van der Waals surface area contributed by atoms with Gasteiger partial charge in [0.25, 0.3) is 11.5 Å². The van der Waals surface area contributed by atoms with Crippen molar-refractivity contribution < 1.29 is 14.3 Å². The van der Waals surface area contributed by atoms with E-state index >= 15 is 0 Å². The van der Waals surface area contributed by atoms with Crippen LogP contribution in [0.4, 0.5) is 5.82 Å². The van der Waals surface area contributed by atoms with Gasteiger partial charge in [0.1, 0.15) is 27.5 Å². The molecule has 8 nitrogen and oxygen atoms in total. The average molecular weight is 567 g/mol. The number of rotatable bonds is 8. The number of thiocarbonyl (C=S) groups is 1. The summed E-state index contributed by atoms with van der Waals surface area (Å²) < 4.78 is 13.4. The Balaban J connectivity index is 1.73. The van der Waals surface area contributed by atoms with Crippen molar-refractivity contribution >= 4 is 46.1 Å². The second-order valence-electron chi connectivity index (χ2n) is 9.90. The summed E-state index contributed by atoms with van der Waals surface area (Å²) in [6.45, 7) is 9.92. The lowest BCUT2D eigenvalue weighted by molar-refractivity contribution is -0.122. The molecule has 2 fully saturated rings. The molecule has 1 aromatic heterocycles. The highest BCUT2D eigenvalue weighted by atomic mass is 32.2. The van der Waals surface area contributed by atoms with Crippen LogP contribution in [0.15, 0.2) is 34.0 Å². The first-order valence-electron chi connectivity index (χ1n) is 13.1. The normalized spacial score (nSPS) is 20.6. The van der Waals surface area contributed by atoms with Gasteiger partial charge in [0.05, 0.1) is 24.2 Å². The number of carbonyl (C=O) groups is 1. The SMILES string of the molecule is CCCn1c(N2CC(C)OC(C)C2)c(/C=C2\SC(=S)N(CCc3ccc(OC)cc3)C2=O)c(C)c(C#N)c1=O. The molecule has 0 aliphatic carbocycles. The molecule has 1 amide bonds. The lowest BCUT2D eigenvalue weighted by Crippen LogP contribution is -2.48. The van der Waals surface area contributed by atoms with Crippen molar-refractivity contribution in [3.63, 3.8) is 0 Å². The minimum atomic E-state index is -0.303. The molecule has 1 aromatic carbocycles. The topological polar surface area (TPSA) is 87.8 Å². The van der Waals surface area contributed by atoms with E-state index in [1.54, 1.807) is 23.5 Å². The number of carbonyl (C=O) groups excluding carboxylic acids is 1. The fourth-order valence-corrected chi connectivity index (χ4v) is 6.41. The second-order valence-corrected chi connectivity index (χ2v) is 11.6. The summed E-state index contributed by atoms with van der Waals surface area (Å²) in [4.78, 5) is 31.2. The third-order valence-corrected chi connectivity index (χ3v) is 8.32. The fraction of sp³-hybridized carbons (Fsp3) is 0.448. The molecule has 3 heterocycles. The van der Waals surface area contributed by atoms with E-state index in [1.807, 2.05) is 51.1 Å². The van der Waals surface area contributed by atoms with Crippen molar-refractivity contribution in [1.82, 2.24) is 9.47 Å². The number of methoxy groups -OCH3 is 1. The van der Waals surface area contributed by atoms with Gasteiger partial charge in [0, 0.05) is 31.7 Å². The molecular formula is C29H34N4O4S2. The molecule has 39 heavy (non-hydrogen) atoms. The Morgan fingerprint density at radius 1 is 1.18 bits per heavy atom. The second kappa shape index (κ2) is 12.4. The van der Waals surface area contributed by atoms with E-state index in [0.29, 0.717) is 53.0 Å². The summed E-state index contributed by atoms with van der Waals surface area (Å²) in [5, 5.41) is 9.88. The molecule has 0 spiro atoms. The van der Waals surface area contributed by atoms with Crippen LogP contribution in [0, 0.1) is 18.3 Å². The fourth-order valence-electron chi connectivity index (χ4n) is 5.12. The molecule has 2 aromatic rings. The van der Waals surface area contributed by atoms with Crippen LogP contribution in [0.5, 0.6) is 5.75 Å². The summed E-state index contributed by atoms with van der Waals surface area (Å²) >= 11 is 6.85. The number of hydrogen-bond acceptors (Lipinski definition) is 8. The quantitative estimate of drug-likeness (QED) is 0.341. The molecule has 206 valence electrons. The third kappa shape index (κ3) is 6.06. The molecule has 4 rings (SSSR count). The smallest absolute Gasteiger partial charge is 0.270 e. The number of nitriles is 1. The molecule has 0 radical (unpaired) electrons. The van der Waals surface area contributed by atoms with Gasteiger partial charge in [-0.15, -0.1) is 0 Å². The van der Waals surface area contributed by atoms with E-state index in [-0.39, 0.29) is 29.2 Å². The number of aromatic nitrogens is 1. The minimum absolute atomic E-state index is 0.0288. The highest BCUT2D eigenvalue weighted by molar-refractivity contribution is 8.26. The molecule has 2 atom stereocenters. The maximum atomic E-state index is 13.5. The summed E-state index contributed by atoms with van der Waals surface area (Å²) in [5.41, 5.74) is 2.15. The van der Waals surface area contributed by atoms with Crippen LogP contribution < -0.4 is 15.2 Å². The van der Waals surface area contributed by atoms with Gasteiger partial charge in [-0.3, -0.25) is 19.1 Å². The van der Waals surface area contributed by atoms with Crippen molar-refractivity contribution in [2.24, 2.45) is 0 Å². The molecule has 2 saturated heterocycles. The summed E-state index contributed by atoms with van der Waals surface area (Å²) in [6, 6.07) is 9.86. The first-order valence-corrected chi connectivity index (χ1v) is 14.4. The van der Waals surface area contributed by atoms with Gasteiger partial charge in [0.15, 0.2) is 0 Å². The number of ether oxygens (including phenoxy) is 2. The van der Waals surface area contributed by atoms with Crippen molar-refractivity contribution in [3.05, 3.63) is 61.8 Å². The van der Waals surface area contributed by atoms with Crippen LogP contribution in [-0.2, 0) is 22.5 Å². The standard InChI is InChI=1S/C29H34N4O4S2/c1-6-12-32-26(31-16-18(2)37-19(3)17-31)23(20(4)24(15-30)27(32)34)14-25-28(35)33(29(38)39-25)13-11-21-7-9-22(36-5)10-8-21/h7-10,14,18-19H,6,11-13,16-17H2,1-5H3/b25-14-. The Hall–Kier alpha value is -3.13. The number of amides is 1. The Labute approximate surface area is 239 Å². The maximum absolute atomic E-state index is 13.5. The Morgan fingerprint density at radius 3 is 2.44 bits per heavy atom. The van der Waals surface area contributed by atoms with Gasteiger partial charge in [-0.2, -0.15) is 5.26 Å². The molecule has 0 N–H and O–H groups in total. The number of morpholine rings is 1. The highest BCUT2D eigenvalue weighted by Crippen LogP contribution is 2.36. The summed E-state index contributed by atoms with van der Waals surface area (Å²) in [5.74, 6) is 1.34. The van der Waals surface area contributed by atoms with Crippen molar-refractivity contribution in [2.45, 2.75) is 59.3 Å². The van der Waals surface area contributed by atoms with Gasteiger partial charge in [0.2, 0.25) is 0 Å². The molecule has 2 unspecified atom stereocenters. The Bertz CT molecular complexity index is 1380. The van der Waals surface area contributed by atoms with Gasteiger partial charge in [-0.1, -0.05) is 43.0 Å². The van der Waals surface area contributed by atoms with Crippen LogP contribution >= 0.6 is 24.0 Å². The maximum Gasteiger partial charge on any atom is 0.270 e. The van der Waals surface area contributed by atoms with E-state index < -0.39 is 0 Å². The van der Waals surface area contributed by atoms with Crippen LogP contribution in [0.25, 0.3) is 6.08 Å². The summed E-state index contributed by atoms with van der Waals surface area (Å²) in [7, 11) is 1.63. The van der Waals surface area contributed by atoms with Crippen LogP contribution in [0.3, 0.4) is 0 Å². The average Bonchev–Trinajstić information content (AvgIpc) is 3.17. The largest absolute Gasteiger partial charge is 0.497 e. The molecule has 10 heteroatoms. The third-order valence-electron chi connectivity index (χ3n) is 6.94. The zero-order chi connectivity index (χ0) is 28.3. The number of anilines is 1. The number of pyridine rings is 1. The zero-order valence-corrected chi connectivity index (χ0v) is 24.7. The molecule has 2 aliphatic heterocycles. The monoisotopic (exact) mass is 566 g/mol. The van der Waals surface area contributed by atoms with Gasteiger partial charge >= 0.3 is 0 Å². The number of benzene rings is 1. The summed E-state index contributed by atoms with van der Waals surface area (Å²) in [6.07, 6.45) is 3.13. The van der Waals surface area contributed by atoms with Gasteiger partial charge in [-0.25, -0.2) is 0 Å². The zero-order valence-electron chi connectivity index (χ0n) is 23.0. The lowest BCUT2D eigenvalue weighted by atomic mass is 10.0.